The molecule has 184 valence electrons. The number of rotatable bonds is 7. The predicted octanol–water partition coefficient (Wildman–Crippen LogP) is 1.75. The van der Waals surface area contributed by atoms with Gasteiger partial charge < -0.3 is 34.3 Å². The zero-order valence-corrected chi connectivity index (χ0v) is 20.6. The van der Waals surface area contributed by atoms with Crippen LogP contribution in [0.1, 0.15) is 20.8 Å². The predicted molar refractivity (Wildman–Crippen MR) is 126 cm³/mol. The molecule has 0 bridgehead atoms. The van der Waals surface area contributed by atoms with Crippen LogP contribution in [0.15, 0.2) is 24.3 Å². The summed E-state index contributed by atoms with van der Waals surface area (Å²) in [5.74, 6) is -1.94. The second-order valence-electron chi connectivity index (χ2n) is 7.32. The number of carbonyl (C=O) groups is 3. The van der Waals surface area contributed by atoms with Crippen molar-refractivity contribution in [3.63, 3.8) is 0 Å². The molecule has 1 aliphatic heterocycles. The number of fused-ring (bicyclic) bond motifs is 1. The summed E-state index contributed by atoms with van der Waals surface area (Å²) in [6.07, 6.45) is -5.37. The van der Waals surface area contributed by atoms with Crippen LogP contribution in [-0.4, -0.2) is 72.4 Å². The summed E-state index contributed by atoms with van der Waals surface area (Å²) in [6, 6.07) is 7.67. The van der Waals surface area contributed by atoms with Crippen LogP contribution < -0.4 is 10.6 Å². The molecule has 1 aromatic heterocycles. The number of carbonyl (C=O) groups excluding carboxylic acids is 3. The molecular weight excluding hydrogens is 486 g/mol. The summed E-state index contributed by atoms with van der Waals surface area (Å²) in [4.78, 5) is 39.7. The lowest BCUT2D eigenvalue weighted by Crippen LogP contribution is -2.63. The Labute approximate surface area is 205 Å². The van der Waals surface area contributed by atoms with E-state index in [2.05, 4.69) is 15.6 Å². The normalized spacial score (nSPS) is 24.2. The zero-order valence-electron chi connectivity index (χ0n) is 18.9. The van der Waals surface area contributed by atoms with Crippen LogP contribution in [0.25, 0.3) is 10.2 Å². The zero-order chi connectivity index (χ0) is 24.8. The maximum absolute atomic E-state index is 11.8. The maximum atomic E-state index is 11.8. The Kier molecular flexibility index (Phi) is 8.72. The molecule has 0 radical (unpaired) electrons. The lowest BCUT2D eigenvalue weighted by molar-refractivity contribution is -0.296. The number of thiazole rings is 1. The maximum Gasteiger partial charge on any atom is 0.303 e. The fourth-order valence-electron chi connectivity index (χ4n) is 3.47. The third-order valence-electron chi connectivity index (χ3n) is 4.71. The molecule has 0 amide bonds. The monoisotopic (exact) mass is 511 g/mol. The first-order valence-corrected chi connectivity index (χ1v) is 11.5. The highest BCUT2D eigenvalue weighted by molar-refractivity contribution is 7.80. The number of benzene rings is 1. The summed E-state index contributed by atoms with van der Waals surface area (Å²) in [7, 11) is 1.35. The molecule has 13 heteroatoms. The van der Waals surface area contributed by atoms with Crippen molar-refractivity contribution < 1.29 is 38.1 Å². The summed E-state index contributed by atoms with van der Waals surface area (Å²) in [5.41, 5.74) is 0.840. The van der Waals surface area contributed by atoms with E-state index in [4.69, 9.17) is 35.9 Å². The Hall–Kier alpha value is -2.87. The molecule has 0 saturated carbocycles. The standard InChI is InChI=1S/C21H25N3O8S2/c1-10(25)29-16-14(32-19(28-4)18(31-12(3)27)17(16)30-11(2)26)9-22-20(33)24-21-23-13-7-5-6-8-15(13)34-21/h5-8,14,16-19H,9H2,1-4H3,(H2,22,23,24,33)/t14-,16-,17+,18-,19+/m1/s1. The van der Waals surface area contributed by atoms with Gasteiger partial charge in [0.2, 0.25) is 0 Å². The number of esters is 3. The van der Waals surface area contributed by atoms with Crippen molar-refractivity contribution in [3.8, 4) is 0 Å². The Bertz CT molecular complexity index is 1030. The number of nitrogens with one attached hydrogen (secondary N) is 2. The van der Waals surface area contributed by atoms with Gasteiger partial charge in [-0.15, -0.1) is 0 Å². The number of ether oxygens (including phenoxy) is 5. The van der Waals surface area contributed by atoms with E-state index in [0.717, 1.165) is 10.2 Å². The molecular formula is C21H25N3O8S2. The van der Waals surface area contributed by atoms with Crippen LogP contribution in [-0.2, 0) is 38.1 Å². The number of methoxy groups -OCH3 is 1. The Morgan fingerprint density at radius 3 is 2.26 bits per heavy atom. The number of aromatic nitrogens is 1. The SMILES string of the molecule is CO[C@H]1O[C@H](CNC(=S)Nc2nc3ccccc3s2)[C@@H](OC(C)=O)[C@H](OC(C)=O)[C@H]1OC(C)=O. The quantitative estimate of drug-likeness (QED) is 0.319. The van der Waals surface area contributed by atoms with Crippen molar-refractivity contribution in [3.05, 3.63) is 24.3 Å². The second kappa shape index (κ2) is 11.5. The number of anilines is 1. The van der Waals surface area contributed by atoms with Gasteiger partial charge in [0.05, 0.1) is 10.2 Å². The van der Waals surface area contributed by atoms with Crippen LogP contribution >= 0.6 is 23.6 Å². The van der Waals surface area contributed by atoms with Crippen molar-refractivity contribution in [2.24, 2.45) is 0 Å². The summed E-state index contributed by atoms with van der Waals surface area (Å²) in [5, 5.41) is 6.85. The minimum atomic E-state index is -1.17. The Balaban J connectivity index is 1.75. The first kappa shape index (κ1) is 25.7. The fourth-order valence-corrected chi connectivity index (χ4v) is 4.58. The Morgan fingerprint density at radius 1 is 1.03 bits per heavy atom. The van der Waals surface area contributed by atoms with E-state index in [1.54, 1.807) is 0 Å². The van der Waals surface area contributed by atoms with Gasteiger partial charge in [0.25, 0.3) is 0 Å². The van der Waals surface area contributed by atoms with E-state index in [0.29, 0.717) is 5.13 Å². The van der Waals surface area contributed by atoms with Gasteiger partial charge in [-0.05, 0) is 24.4 Å². The van der Waals surface area contributed by atoms with Crippen LogP contribution in [0.4, 0.5) is 5.13 Å². The third kappa shape index (κ3) is 6.59. The van der Waals surface area contributed by atoms with Crippen molar-refractivity contribution in [2.75, 3.05) is 19.0 Å². The summed E-state index contributed by atoms with van der Waals surface area (Å²) in [6.45, 7) is 3.65. The molecule has 2 aromatic rings. The molecule has 11 nitrogen and oxygen atoms in total. The van der Waals surface area contributed by atoms with Crippen molar-refractivity contribution in [1.29, 1.82) is 0 Å². The van der Waals surface area contributed by atoms with E-state index in [9.17, 15) is 14.4 Å². The molecule has 0 spiro atoms. The fraction of sp³-hybridized carbons (Fsp3) is 0.476. The Morgan fingerprint density at radius 2 is 1.65 bits per heavy atom. The summed E-state index contributed by atoms with van der Waals surface area (Å²) < 4.78 is 28.3. The minimum Gasteiger partial charge on any atom is -0.456 e. The lowest BCUT2D eigenvalue weighted by Gasteiger charge is -2.44. The van der Waals surface area contributed by atoms with Crippen molar-refractivity contribution in [1.82, 2.24) is 10.3 Å². The third-order valence-corrected chi connectivity index (χ3v) is 5.91. The molecule has 1 aromatic carbocycles. The number of nitrogens with zero attached hydrogens (tertiary/aromatic N) is 1. The van der Waals surface area contributed by atoms with Crippen LogP contribution in [0.3, 0.4) is 0 Å². The van der Waals surface area contributed by atoms with Gasteiger partial charge in [0, 0.05) is 34.4 Å². The van der Waals surface area contributed by atoms with Gasteiger partial charge in [-0.2, -0.15) is 0 Å². The molecule has 0 unspecified atom stereocenters. The molecule has 2 N–H and O–H groups in total. The first-order chi connectivity index (χ1) is 16.2. The topological polar surface area (TPSA) is 134 Å². The van der Waals surface area contributed by atoms with Gasteiger partial charge >= 0.3 is 17.9 Å². The van der Waals surface area contributed by atoms with E-state index in [-0.39, 0.29) is 11.7 Å². The minimum absolute atomic E-state index is 0.0547. The smallest absolute Gasteiger partial charge is 0.303 e. The van der Waals surface area contributed by atoms with E-state index in [1.807, 2.05) is 24.3 Å². The second-order valence-corrected chi connectivity index (χ2v) is 8.76. The highest BCUT2D eigenvalue weighted by atomic mass is 32.1. The average Bonchev–Trinajstić information content (AvgIpc) is 3.16. The molecule has 5 atom stereocenters. The molecule has 0 aliphatic carbocycles. The largest absolute Gasteiger partial charge is 0.456 e. The van der Waals surface area contributed by atoms with E-state index in [1.165, 1.54) is 39.2 Å². The lowest BCUT2D eigenvalue weighted by atomic mass is 9.97. The van der Waals surface area contributed by atoms with E-state index >= 15 is 0 Å². The highest BCUT2D eigenvalue weighted by Gasteiger charge is 2.52. The van der Waals surface area contributed by atoms with Gasteiger partial charge in [-0.25, -0.2) is 4.98 Å². The molecule has 1 fully saturated rings. The van der Waals surface area contributed by atoms with Gasteiger partial charge in [-0.1, -0.05) is 23.5 Å². The van der Waals surface area contributed by atoms with Crippen LogP contribution in [0.2, 0.25) is 0 Å². The molecule has 1 saturated heterocycles. The molecule has 34 heavy (non-hydrogen) atoms. The van der Waals surface area contributed by atoms with Crippen LogP contribution in [0.5, 0.6) is 0 Å². The van der Waals surface area contributed by atoms with E-state index < -0.39 is 48.6 Å². The molecule has 2 heterocycles. The number of hydrogen-bond donors (Lipinski definition) is 2. The van der Waals surface area contributed by atoms with Gasteiger partial charge in [0.1, 0.15) is 6.10 Å². The first-order valence-electron chi connectivity index (χ1n) is 10.3. The molecule has 3 rings (SSSR count). The highest BCUT2D eigenvalue weighted by Crippen LogP contribution is 2.29. The van der Waals surface area contributed by atoms with Crippen LogP contribution in [0, 0.1) is 0 Å². The average molecular weight is 512 g/mol. The number of thiocarbonyl (C=S) groups is 1. The number of para-hydroxylation sites is 1. The summed E-state index contributed by atoms with van der Waals surface area (Å²) >= 11 is 6.81. The number of hydrogen-bond acceptors (Lipinski definition) is 11. The van der Waals surface area contributed by atoms with Crippen molar-refractivity contribution in [2.45, 2.75) is 51.5 Å². The van der Waals surface area contributed by atoms with Crippen molar-refractivity contribution >= 4 is 61.9 Å². The molecule has 1 aliphatic rings. The van der Waals surface area contributed by atoms with Gasteiger partial charge in [0.15, 0.2) is 34.8 Å². The van der Waals surface area contributed by atoms with Gasteiger partial charge in [-0.3, -0.25) is 14.4 Å².